The van der Waals surface area contributed by atoms with Crippen molar-refractivity contribution >= 4 is 16.6 Å². The molecule has 1 saturated carbocycles. The molecule has 29 heavy (non-hydrogen) atoms. The van der Waals surface area contributed by atoms with Crippen LogP contribution in [0.3, 0.4) is 0 Å². The minimum atomic E-state index is -0.499. The zero-order chi connectivity index (χ0) is 20.2. The second kappa shape index (κ2) is 6.50. The zero-order valence-electron chi connectivity index (χ0n) is 16.5. The van der Waals surface area contributed by atoms with Crippen molar-refractivity contribution in [2.24, 2.45) is 0 Å². The standard InChI is InChI=1S/C20H21N5O4/c1-12(10-27-2)25-14-7-5-4-6-13(14)24-11-21-15(16(24)18(25)26)17-22-19(29-23-17)20(28-3)8-9-20/h4-7,11-12H,8-10H2,1-3H3. The monoisotopic (exact) mass is 395 g/mol. The molecule has 1 aromatic carbocycles. The number of benzene rings is 1. The molecule has 1 unspecified atom stereocenters. The number of methoxy groups -OCH3 is 2. The van der Waals surface area contributed by atoms with E-state index in [-0.39, 0.29) is 17.4 Å². The molecule has 0 saturated heterocycles. The van der Waals surface area contributed by atoms with Gasteiger partial charge < -0.3 is 14.0 Å². The summed E-state index contributed by atoms with van der Waals surface area (Å²) in [6.45, 7) is 2.36. The van der Waals surface area contributed by atoms with Gasteiger partial charge in [0.15, 0.2) is 0 Å². The summed E-state index contributed by atoms with van der Waals surface area (Å²) >= 11 is 0. The van der Waals surface area contributed by atoms with Gasteiger partial charge in [-0.2, -0.15) is 4.98 Å². The molecular formula is C20H21N5O4. The summed E-state index contributed by atoms with van der Waals surface area (Å²) in [6.07, 6.45) is 3.29. The van der Waals surface area contributed by atoms with Gasteiger partial charge in [-0.05, 0) is 31.9 Å². The predicted octanol–water partition coefficient (Wildman–Crippen LogP) is 2.54. The highest BCUT2D eigenvalue weighted by Crippen LogP contribution is 2.48. The van der Waals surface area contributed by atoms with Crippen LogP contribution in [0.4, 0.5) is 0 Å². The average molecular weight is 395 g/mol. The van der Waals surface area contributed by atoms with Crippen molar-refractivity contribution in [1.29, 1.82) is 0 Å². The first-order valence-electron chi connectivity index (χ1n) is 9.48. The number of imidazole rings is 1. The largest absolute Gasteiger partial charge is 0.383 e. The van der Waals surface area contributed by atoms with Gasteiger partial charge in [0.2, 0.25) is 5.82 Å². The lowest BCUT2D eigenvalue weighted by Gasteiger charge is -2.18. The smallest absolute Gasteiger partial charge is 0.278 e. The Bertz CT molecular complexity index is 1270. The van der Waals surface area contributed by atoms with Gasteiger partial charge in [0.05, 0.1) is 23.7 Å². The van der Waals surface area contributed by atoms with E-state index in [0.717, 1.165) is 23.9 Å². The molecule has 1 atom stereocenters. The summed E-state index contributed by atoms with van der Waals surface area (Å²) < 4.78 is 19.8. The third kappa shape index (κ3) is 2.61. The number of ether oxygens (including phenoxy) is 2. The Kier molecular flexibility index (Phi) is 4.04. The van der Waals surface area contributed by atoms with E-state index in [0.29, 0.717) is 23.7 Å². The van der Waals surface area contributed by atoms with Crippen LogP contribution in [-0.4, -0.2) is 44.9 Å². The first-order valence-corrected chi connectivity index (χ1v) is 9.48. The fourth-order valence-electron chi connectivity index (χ4n) is 3.87. The summed E-state index contributed by atoms with van der Waals surface area (Å²) in [6, 6.07) is 7.55. The predicted molar refractivity (Wildman–Crippen MR) is 105 cm³/mol. The molecule has 0 N–H and O–H groups in total. The number of aromatic nitrogens is 5. The molecule has 9 nitrogen and oxygen atoms in total. The normalized spacial score (nSPS) is 16.5. The molecule has 3 heterocycles. The SMILES string of the molecule is COCC(C)n1c(=O)c2c(-c3noc(C4(OC)CC4)n3)ncn2c2ccccc21. The molecular weight excluding hydrogens is 374 g/mol. The van der Waals surface area contributed by atoms with E-state index in [1.165, 1.54) is 0 Å². The van der Waals surface area contributed by atoms with E-state index in [1.807, 2.05) is 31.2 Å². The summed E-state index contributed by atoms with van der Waals surface area (Å²) in [5, 5.41) is 4.08. The highest BCUT2D eigenvalue weighted by molar-refractivity contribution is 5.83. The average Bonchev–Trinajstić information content (AvgIpc) is 3.15. The Morgan fingerprint density at radius 3 is 2.69 bits per heavy atom. The quantitative estimate of drug-likeness (QED) is 0.495. The number of hydrogen-bond acceptors (Lipinski definition) is 7. The number of nitrogens with zero attached hydrogens (tertiary/aromatic N) is 5. The van der Waals surface area contributed by atoms with E-state index < -0.39 is 5.60 Å². The van der Waals surface area contributed by atoms with E-state index in [4.69, 9.17) is 14.0 Å². The first-order chi connectivity index (χ1) is 14.1. The summed E-state index contributed by atoms with van der Waals surface area (Å²) in [5.41, 5.74) is 1.79. The van der Waals surface area contributed by atoms with Crippen LogP contribution in [0, 0.1) is 0 Å². The van der Waals surface area contributed by atoms with E-state index in [9.17, 15) is 4.79 Å². The Morgan fingerprint density at radius 2 is 2.00 bits per heavy atom. The maximum absolute atomic E-state index is 13.5. The highest BCUT2D eigenvalue weighted by atomic mass is 16.5. The number of fused-ring (bicyclic) bond motifs is 3. The maximum Gasteiger partial charge on any atom is 0.278 e. The zero-order valence-corrected chi connectivity index (χ0v) is 16.5. The third-order valence-electron chi connectivity index (χ3n) is 5.56. The van der Waals surface area contributed by atoms with Crippen molar-refractivity contribution in [3.63, 3.8) is 0 Å². The van der Waals surface area contributed by atoms with Gasteiger partial charge in [0.25, 0.3) is 11.4 Å². The van der Waals surface area contributed by atoms with Crippen LogP contribution < -0.4 is 5.56 Å². The van der Waals surface area contributed by atoms with Crippen molar-refractivity contribution in [3.8, 4) is 11.5 Å². The second-order valence-corrected chi connectivity index (χ2v) is 7.40. The Labute approximate surface area is 165 Å². The van der Waals surface area contributed by atoms with Crippen LogP contribution in [0.15, 0.2) is 39.9 Å². The fraction of sp³-hybridized carbons (Fsp3) is 0.400. The molecule has 4 aromatic rings. The molecule has 0 radical (unpaired) electrons. The first kappa shape index (κ1) is 18.0. The molecule has 1 fully saturated rings. The molecule has 0 aliphatic heterocycles. The second-order valence-electron chi connectivity index (χ2n) is 7.40. The number of hydrogen-bond donors (Lipinski definition) is 0. The topological polar surface area (TPSA) is 96.7 Å². The Morgan fingerprint density at radius 1 is 1.24 bits per heavy atom. The van der Waals surface area contributed by atoms with Gasteiger partial charge in [-0.1, -0.05) is 17.3 Å². The van der Waals surface area contributed by atoms with Crippen LogP contribution in [0.5, 0.6) is 0 Å². The van der Waals surface area contributed by atoms with E-state index in [2.05, 4.69) is 15.1 Å². The summed E-state index contributed by atoms with van der Waals surface area (Å²) in [7, 11) is 3.25. The number of rotatable bonds is 6. The van der Waals surface area contributed by atoms with Gasteiger partial charge in [0.1, 0.15) is 23.1 Å². The summed E-state index contributed by atoms with van der Waals surface area (Å²) in [4.78, 5) is 22.5. The lowest BCUT2D eigenvalue weighted by molar-refractivity contribution is 0.0492. The van der Waals surface area contributed by atoms with Crippen LogP contribution in [0.1, 0.15) is 31.7 Å². The van der Waals surface area contributed by atoms with Gasteiger partial charge in [-0.25, -0.2) is 4.98 Å². The molecule has 0 bridgehead atoms. The van der Waals surface area contributed by atoms with Crippen molar-refractivity contribution in [2.45, 2.75) is 31.4 Å². The molecule has 1 aliphatic rings. The minimum Gasteiger partial charge on any atom is -0.383 e. The van der Waals surface area contributed by atoms with Crippen LogP contribution in [-0.2, 0) is 15.1 Å². The minimum absolute atomic E-state index is 0.158. The van der Waals surface area contributed by atoms with Gasteiger partial charge >= 0.3 is 0 Å². The fourth-order valence-corrected chi connectivity index (χ4v) is 3.87. The lowest BCUT2D eigenvalue weighted by atomic mass is 10.2. The van der Waals surface area contributed by atoms with Crippen molar-refractivity contribution < 1.29 is 14.0 Å². The molecule has 9 heteroatoms. The van der Waals surface area contributed by atoms with Crippen LogP contribution in [0.2, 0.25) is 0 Å². The van der Waals surface area contributed by atoms with E-state index >= 15 is 0 Å². The van der Waals surface area contributed by atoms with Crippen LogP contribution in [0.25, 0.3) is 28.1 Å². The van der Waals surface area contributed by atoms with Gasteiger partial charge in [-0.15, -0.1) is 0 Å². The van der Waals surface area contributed by atoms with Gasteiger partial charge in [0, 0.05) is 14.2 Å². The third-order valence-corrected chi connectivity index (χ3v) is 5.56. The summed E-state index contributed by atoms with van der Waals surface area (Å²) in [5.74, 6) is 0.703. The Hall–Kier alpha value is -3.04. The van der Waals surface area contributed by atoms with Gasteiger partial charge in [-0.3, -0.25) is 13.8 Å². The Balaban J connectivity index is 1.76. The molecule has 0 amide bonds. The van der Waals surface area contributed by atoms with Crippen molar-refractivity contribution in [3.05, 3.63) is 46.8 Å². The van der Waals surface area contributed by atoms with Crippen molar-refractivity contribution in [1.82, 2.24) is 24.1 Å². The number of para-hydroxylation sites is 2. The molecule has 5 rings (SSSR count). The van der Waals surface area contributed by atoms with E-state index in [1.54, 1.807) is 29.5 Å². The lowest BCUT2D eigenvalue weighted by Crippen LogP contribution is -2.28. The molecule has 150 valence electrons. The van der Waals surface area contributed by atoms with Crippen LogP contribution >= 0.6 is 0 Å². The highest BCUT2D eigenvalue weighted by Gasteiger charge is 2.50. The molecule has 3 aromatic heterocycles. The maximum atomic E-state index is 13.5. The van der Waals surface area contributed by atoms with Crippen molar-refractivity contribution in [2.75, 3.05) is 20.8 Å². The molecule has 0 spiro atoms. The molecule has 1 aliphatic carbocycles.